The molecule has 0 aromatic heterocycles. The van der Waals surface area contributed by atoms with Crippen LogP contribution in [0.4, 0.5) is 5.69 Å². The third-order valence-corrected chi connectivity index (χ3v) is 4.68. The maximum atomic E-state index is 11.3. The fourth-order valence-corrected chi connectivity index (χ4v) is 3.01. The van der Waals surface area contributed by atoms with E-state index in [4.69, 9.17) is 4.74 Å². The highest BCUT2D eigenvalue weighted by molar-refractivity contribution is 5.87. The number of carbonyl (C=O) groups is 1. The lowest BCUT2D eigenvalue weighted by atomic mass is 10.1. The minimum absolute atomic E-state index is 0.304. The zero-order chi connectivity index (χ0) is 21.0. The van der Waals surface area contributed by atoms with E-state index in [2.05, 4.69) is 24.0 Å². The van der Waals surface area contributed by atoms with Crippen molar-refractivity contribution in [3.63, 3.8) is 0 Å². The van der Waals surface area contributed by atoms with Gasteiger partial charge in [-0.05, 0) is 69.2 Å². The first kappa shape index (κ1) is 24.7. The summed E-state index contributed by atoms with van der Waals surface area (Å²) in [7, 11) is 0. The minimum Gasteiger partial charge on any atom is -0.463 e. The van der Waals surface area contributed by atoms with Crippen LogP contribution >= 0.6 is 0 Å². The summed E-state index contributed by atoms with van der Waals surface area (Å²) in [6, 6.07) is 8.07. The van der Waals surface area contributed by atoms with Crippen LogP contribution in [-0.2, 0) is 9.53 Å². The molecule has 0 aliphatic carbocycles. The smallest absolute Gasteiger partial charge is 0.330 e. The highest BCUT2D eigenvalue weighted by Gasteiger charge is 1.95. The highest BCUT2D eigenvalue weighted by atomic mass is 16.5. The fraction of sp³-hybridized carbons (Fsp3) is 0.500. The van der Waals surface area contributed by atoms with Gasteiger partial charge in [-0.3, -0.25) is 0 Å². The number of esters is 1. The lowest BCUT2D eigenvalue weighted by Gasteiger charge is -2.05. The molecular formula is C26H39NO2. The van der Waals surface area contributed by atoms with E-state index in [9.17, 15) is 4.79 Å². The van der Waals surface area contributed by atoms with Crippen molar-refractivity contribution in [3.05, 3.63) is 60.7 Å². The Labute approximate surface area is 177 Å². The number of ether oxygens (including phenoxy) is 1. The van der Waals surface area contributed by atoms with Crippen molar-refractivity contribution in [3.8, 4) is 0 Å². The molecule has 3 heteroatoms. The van der Waals surface area contributed by atoms with E-state index >= 15 is 0 Å². The first-order chi connectivity index (χ1) is 14.3. The molecule has 0 unspecified atom stereocenters. The van der Waals surface area contributed by atoms with E-state index in [0.717, 1.165) is 37.1 Å². The van der Waals surface area contributed by atoms with Gasteiger partial charge in [0.15, 0.2) is 0 Å². The summed E-state index contributed by atoms with van der Waals surface area (Å²) in [6.07, 6.45) is 22.6. The molecule has 0 atom stereocenters. The second-order valence-corrected chi connectivity index (χ2v) is 7.24. The molecule has 0 spiro atoms. The molecule has 160 valence electrons. The molecule has 1 rings (SSSR count). The quantitative estimate of drug-likeness (QED) is 0.129. The average molecular weight is 398 g/mol. The van der Waals surface area contributed by atoms with Gasteiger partial charge >= 0.3 is 5.97 Å². The van der Waals surface area contributed by atoms with Crippen LogP contribution in [0.1, 0.15) is 76.7 Å². The van der Waals surface area contributed by atoms with E-state index in [1.54, 1.807) is 13.0 Å². The van der Waals surface area contributed by atoms with Gasteiger partial charge in [-0.2, -0.15) is 0 Å². The van der Waals surface area contributed by atoms with Gasteiger partial charge in [0.25, 0.3) is 0 Å². The zero-order valence-corrected chi connectivity index (χ0v) is 18.2. The predicted octanol–water partition coefficient (Wildman–Crippen LogP) is 7.32. The molecule has 0 saturated heterocycles. The van der Waals surface area contributed by atoms with Gasteiger partial charge in [-0.25, -0.2) is 4.79 Å². The van der Waals surface area contributed by atoms with Gasteiger partial charge in [0.05, 0.1) is 6.61 Å². The summed E-state index contributed by atoms with van der Waals surface area (Å²) >= 11 is 0. The Kier molecular flexibility index (Phi) is 15.2. The number of rotatable bonds is 17. The number of carbonyl (C=O) groups excluding carboxylic acids is 1. The molecule has 1 N–H and O–H groups in total. The van der Waals surface area contributed by atoms with Crippen molar-refractivity contribution in [1.29, 1.82) is 0 Å². The Hall–Kier alpha value is -2.29. The van der Waals surface area contributed by atoms with E-state index in [-0.39, 0.29) is 5.97 Å². The van der Waals surface area contributed by atoms with Gasteiger partial charge in [-0.15, -0.1) is 6.58 Å². The van der Waals surface area contributed by atoms with E-state index in [0.29, 0.717) is 6.61 Å². The minimum atomic E-state index is -0.304. The molecule has 3 nitrogen and oxygen atoms in total. The summed E-state index contributed by atoms with van der Waals surface area (Å²) in [5.41, 5.74) is 2.10. The van der Waals surface area contributed by atoms with Gasteiger partial charge in [-0.1, -0.05) is 56.0 Å². The predicted molar refractivity (Wildman–Crippen MR) is 126 cm³/mol. The standard InChI is InChI=1S/C26H39NO2/c1-3-5-6-7-8-9-10-11-12-13-14-15-16-23-27-25-20-17-24(18-21-25)19-22-26(28)29-4-2/h3,13-14,17-22,27H,1,4-12,15-16,23H2,2H3. The molecule has 0 aliphatic rings. The Morgan fingerprint density at radius 3 is 2.21 bits per heavy atom. The van der Waals surface area contributed by atoms with Crippen LogP contribution in [0.2, 0.25) is 0 Å². The van der Waals surface area contributed by atoms with Crippen LogP contribution in [0, 0.1) is 0 Å². The zero-order valence-electron chi connectivity index (χ0n) is 18.2. The van der Waals surface area contributed by atoms with E-state index in [1.807, 2.05) is 30.3 Å². The SMILES string of the molecule is C=CCCCCCCCCC=CCCCNc1ccc(C=CC(=O)OCC)cc1. The highest BCUT2D eigenvalue weighted by Crippen LogP contribution is 2.12. The largest absolute Gasteiger partial charge is 0.463 e. The summed E-state index contributed by atoms with van der Waals surface area (Å²) in [5.74, 6) is -0.304. The molecule has 29 heavy (non-hydrogen) atoms. The van der Waals surface area contributed by atoms with Crippen molar-refractivity contribution in [2.75, 3.05) is 18.5 Å². The number of allylic oxidation sites excluding steroid dienone is 3. The van der Waals surface area contributed by atoms with Crippen LogP contribution in [0.3, 0.4) is 0 Å². The summed E-state index contributed by atoms with van der Waals surface area (Å²) in [4.78, 5) is 11.3. The first-order valence-corrected chi connectivity index (χ1v) is 11.2. The number of anilines is 1. The van der Waals surface area contributed by atoms with Crippen molar-refractivity contribution < 1.29 is 9.53 Å². The second-order valence-electron chi connectivity index (χ2n) is 7.24. The molecule has 1 aromatic rings. The normalized spacial score (nSPS) is 11.2. The van der Waals surface area contributed by atoms with Crippen LogP contribution in [0.15, 0.2) is 55.1 Å². The maximum absolute atomic E-state index is 11.3. The number of benzene rings is 1. The molecule has 0 fully saturated rings. The molecular weight excluding hydrogens is 358 g/mol. The van der Waals surface area contributed by atoms with Gasteiger partial charge in [0.2, 0.25) is 0 Å². The summed E-state index contributed by atoms with van der Waals surface area (Å²) in [6.45, 7) is 6.93. The Morgan fingerprint density at radius 1 is 0.931 bits per heavy atom. The summed E-state index contributed by atoms with van der Waals surface area (Å²) in [5, 5.41) is 3.44. The number of hydrogen-bond acceptors (Lipinski definition) is 3. The third-order valence-electron chi connectivity index (χ3n) is 4.68. The maximum Gasteiger partial charge on any atom is 0.330 e. The van der Waals surface area contributed by atoms with Crippen molar-refractivity contribution in [2.45, 2.75) is 71.1 Å². The molecule has 0 bridgehead atoms. The third kappa shape index (κ3) is 14.4. The first-order valence-electron chi connectivity index (χ1n) is 11.2. The van der Waals surface area contributed by atoms with Crippen molar-refractivity contribution in [1.82, 2.24) is 0 Å². The van der Waals surface area contributed by atoms with Crippen LogP contribution in [0.5, 0.6) is 0 Å². The lowest BCUT2D eigenvalue weighted by Crippen LogP contribution is -2.00. The average Bonchev–Trinajstić information content (AvgIpc) is 2.73. The summed E-state index contributed by atoms with van der Waals surface area (Å²) < 4.78 is 4.88. The monoisotopic (exact) mass is 397 g/mol. The molecule has 0 amide bonds. The van der Waals surface area contributed by atoms with Crippen molar-refractivity contribution >= 4 is 17.7 Å². The van der Waals surface area contributed by atoms with Crippen molar-refractivity contribution in [2.24, 2.45) is 0 Å². The Bertz CT molecular complexity index is 602. The van der Waals surface area contributed by atoms with Crippen LogP contribution in [0.25, 0.3) is 6.08 Å². The number of unbranched alkanes of at least 4 members (excludes halogenated alkanes) is 8. The molecule has 0 radical (unpaired) electrons. The molecule has 1 aromatic carbocycles. The van der Waals surface area contributed by atoms with Gasteiger partial charge in [0, 0.05) is 18.3 Å². The Balaban J connectivity index is 2.02. The Morgan fingerprint density at radius 2 is 1.55 bits per heavy atom. The van der Waals surface area contributed by atoms with Gasteiger partial charge in [0.1, 0.15) is 0 Å². The number of nitrogens with one attached hydrogen (secondary N) is 1. The fourth-order valence-electron chi connectivity index (χ4n) is 3.01. The topological polar surface area (TPSA) is 38.3 Å². The van der Waals surface area contributed by atoms with E-state index < -0.39 is 0 Å². The molecule has 0 aliphatic heterocycles. The van der Waals surface area contributed by atoms with E-state index in [1.165, 1.54) is 51.0 Å². The van der Waals surface area contributed by atoms with Crippen LogP contribution < -0.4 is 5.32 Å². The van der Waals surface area contributed by atoms with Crippen LogP contribution in [-0.4, -0.2) is 19.1 Å². The number of hydrogen-bond donors (Lipinski definition) is 1. The second kappa shape index (κ2) is 17.8. The van der Waals surface area contributed by atoms with Gasteiger partial charge < -0.3 is 10.1 Å². The molecule has 0 heterocycles. The lowest BCUT2D eigenvalue weighted by molar-refractivity contribution is -0.137. The molecule has 0 saturated carbocycles.